The Hall–Kier alpha value is -6.87. The van der Waals surface area contributed by atoms with Crippen LogP contribution in [0, 0.1) is 0 Å². The van der Waals surface area contributed by atoms with E-state index in [9.17, 15) is 0 Å². The first kappa shape index (κ1) is 35.8. The summed E-state index contributed by atoms with van der Waals surface area (Å²) in [6, 6.07) is 85.0. The fraction of sp³-hybridized carbons (Fsp3) is 0. The predicted octanol–water partition coefficient (Wildman–Crippen LogP) is 10.5. The van der Waals surface area contributed by atoms with Gasteiger partial charge in [0.25, 0.3) is 0 Å². The van der Waals surface area contributed by atoms with Crippen LogP contribution in [-0.4, -0.2) is 7.32 Å². The molecule has 0 fully saturated rings. The maximum absolute atomic E-state index is 7.10. The summed E-state index contributed by atoms with van der Waals surface area (Å²) in [5.41, 5.74) is 2.35. The number of benzene rings is 9. The Kier molecular flexibility index (Phi) is 9.87. The first-order chi connectivity index (χ1) is 28.2. The van der Waals surface area contributed by atoms with Crippen molar-refractivity contribution in [3.05, 3.63) is 243 Å². The van der Waals surface area contributed by atoms with Gasteiger partial charge in [0.05, 0.1) is 0 Å². The number of para-hydroxylation sites is 3. The van der Waals surface area contributed by atoms with E-state index in [4.69, 9.17) is 14.0 Å². The second kappa shape index (κ2) is 15.7. The van der Waals surface area contributed by atoms with Gasteiger partial charge in [-0.05, 0) is 0 Å². The molecule has 3 nitrogen and oxygen atoms in total. The van der Waals surface area contributed by atoms with Crippen molar-refractivity contribution in [2.45, 2.75) is 0 Å². The summed E-state index contributed by atoms with van der Waals surface area (Å²) >= 11 is 0. The Morgan fingerprint density at radius 3 is 1.28 bits per heavy atom. The molecule has 0 saturated heterocycles. The van der Waals surface area contributed by atoms with Gasteiger partial charge in [-0.15, -0.1) is 0 Å². The van der Waals surface area contributed by atoms with Crippen molar-refractivity contribution in [3.8, 4) is 28.4 Å². The average Bonchev–Trinajstić information content (AvgIpc) is 3.29. The van der Waals surface area contributed by atoms with Gasteiger partial charge in [0, 0.05) is 0 Å². The third-order valence-electron chi connectivity index (χ3n) is 10.8. The minimum absolute atomic E-state index is 0.631. The third kappa shape index (κ3) is 6.35. The van der Waals surface area contributed by atoms with Crippen LogP contribution in [0.4, 0.5) is 0 Å². The topological polar surface area (TPSA) is 27.7 Å². The first-order valence-electron chi connectivity index (χ1n) is 19.2. The number of hydrogen-bond donors (Lipinski definition) is 0. The fourth-order valence-corrected chi connectivity index (χ4v) is 15.3. The normalized spacial score (nSPS) is 11.9. The van der Waals surface area contributed by atoms with Crippen LogP contribution in [0.2, 0.25) is 0 Å². The van der Waals surface area contributed by atoms with E-state index < -0.39 is 13.9 Å². The predicted molar refractivity (Wildman–Crippen MR) is 241 cm³/mol. The molecule has 0 unspecified atom stereocenters. The van der Waals surface area contributed by atoms with Gasteiger partial charge in [0.2, 0.25) is 0 Å². The van der Waals surface area contributed by atoms with Gasteiger partial charge < -0.3 is 0 Å². The summed E-state index contributed by atoms with van der Waals surface area (Å²) in [4.78, 5) is 0. The van der Waals surface area contributed by atoms with E-state index in [1.54, 1.807) is 0 Å². The zero-order chi connectivity index (χ0) is 38.4. The number of fused-ring (bicyclic) bond motifs is 1. The Bertz CT molecular complexity index is 2570. The SMILES string of the molecule is c1ccc(OB(Oc2ccccc2)Oc2ccccc2P(c2ccccc2)(c2ccccc2)(c2ccccc2)c2ccc(-c3cccc4ccccc34)cc2)cc1. The quantitative estimate of drug-likeness (QED) is 0.0918. The molecule has 0 atom stereocenters. The molecule has 9 aromatic carbocycles. The summed E-state index contributed by atoms with van der Waals surface area (Å²) < 4.78 is 20.1. The molecule has 0 aliphatic rings. The molecule has 0 aromatic heterocycles. The summed E-state index contributed by atoms with van der Waals surface area (Å²) in [5, 5.41) is 8.18. The van der Waals surface area contributed by atoms with Crippen LogP contribution in [0.15, 0.2) is 243 Å². The van der Waals surface area contributed by atoms with E-state index in [-0.39, 0.29) is 0 Å². The number of rotatable bonds is 12. The van der Waals surface area contributed by atoms with Gasteiger partial charge in [0.1, 0.15) is 0 Å². The second-order valence-electron chi connectivity index (χ2n) is 13.9. The number of hydrogen-bond acceptors (Lipinski definition) is 3. The molecule has 274 valence electrons. The summed E-state index contributed by atoms with van der Waals surface area (Å²) in [6.07, 6.45) is 0. The molecule has 0 heterocycles. The van der Waals surface area contributed by atoms with Crippen molar-refractivity contribution in [1.29, 1.82) is 0 Å². The average molecular weight is 755 g/mol. The molecule has 0 aliphatic carbocycles. The molecule has 0 spiro atoms. The third-order valence-corrected chi connectivity index (χ3v) is 17.5. The van der Waals surface area contributed by atoms with Crippen molar-refractivity contribution in [1.82, 2.24) is 0 Å². The van der Waals surface area contributed by atoms with Crippen molar-refractivity contribution >= 4 is 51.2 Å². The zero-order valence-corrected chi connectivity index (χ0v) is 32.2. The Balaban J connectivity index is 1.34. The first-order valence-corrected chi connectivity index (χ1v) is 21.4. The molecular formula is C52H40BO3P. The second-order valence-corrected chi connectivity index (χ2v) is 18.7. The van der Waals surface area contributed by atoms with Crippen LogP contribution in [0.1, 0.15) is 0 Å². The Labute approximate surface area is 334 Å². The molecule has 0 amide bonds. The molecule has 0 radical (unpaired) electrons. The molecule has 9 aromatic rings. The van der Waals surface area contributed by atoms with Crippen LogP contribution in [-0.2, 0) is 0 Å². The maximum atomic E-state index is 7.10. The standard InChI is InChI=1S/C52H40BO3P/c1-6-23-43(24-7-1)54-53(55-44-25-8-2-9-26-44)56-51-35-18-19-36-52(51)57(45-27-10-3-11-28-45,46-29-12-4-13-30-46,47-31-14-5-15-32-47)48-39-37-42(38-40-48)50-34-20-22-41-21-16-17-33-49(41)50/h1-40H. The van der Waals surface area contributed by atoms with Crippen molar-refractivity contribution in [2.24, 2.45) is 0 Å². The van der Waals surface area contributed by atoms with Crippen LogP contribution in [0.5, 0.6) is 17.2 Å². The van der Waals surface area contributed by atoms with E-state index in [0.717, 1.165) is 10.9 Å². The minimum atomic E-state index is -3.99. The molecule has 0 saturated carbocycles. The monoisotopic (exact) mass is 754 g/mol. The summed E-state index contributed by atoms with van der Waals surface area (Å²) in [5.74, 6) is 1.92. The van der Waals surface area contributed by atoms with Crippen LogP contribution in [0.25, 0.3) is 21.9 Å². The van der Waals surface area contributed by atoms with Gasteiger partial charge in [0.15, 0.2) is 0 Å². The van der Waals surface area contributed by atoms with E-state index >= 15 is 0 Å². The van der Waals surface area contributed by atoms with Crippen molar-refractivity contribution < 1.29 is 14.0 Å². The van der Waals surface area contributed by atoms with E-state index in [1.807, 2.05) is 72.8 Å². The van der Waals surface area contributed by atoms with E-state index in [2.05, 4.69) is 170 Å². The van der Waals surface area contributed by atoms with Gasteiger partial charge in [-0.25, -0.2) is 0 Å². The molecule has 0 N–H and O–H groups in total. The fourth-order valence-electron chi connectivity index (χ4n) is 8.37. The van der Waals surface area contributed by atoms with Crippen LogP contribution in [0.3, 0.4) is 0 Å². The van der Waals surface area contributed by atoms with Crippen LogP contribution >= 0.6 is 6.60 Å². The zero-order valence-electron chi connectivity index (χ0n) is 31.3. The molecule has 0 bridgehead atoms. The molecule has 9 rings (SSSR count). The van der Waals surface area contributed by atoms with Gasteiger partial charge in [-0.1, -0.05) is 0 Å². The molecular weight excluding hydrogens is 714 g/mol. The molecule has 57 heavy (non-hydrogen) atoms. The Morgan fingerprint density at radius 2 is 0.737 bits per heavy atom. The Morgan fingerprint density at radius 1 is 0.316 bits per heavy atom. The molecule has 5 heteroatoms. The van der Waals surface area contributed by atoms with E-state index in [1.165, 1.54) is 37.6 Å². The van der Waals surface area contributed by atoms with Gasteiger partial charge >= 0.3 is 336 Å². The van der Waals surface area contributed by atoms with Crippen molar-refractivity contribution in [3.63, 3.8) is 0 Å². The van der Waals surface area contributed by atoms with E-state index in [0.29, 0.717) is 17.2 Å². The summed E-state index contributed by atoms with van der Waals surface area (Å²) in [7, 11) is -1.12. The molecule has 0 aliphatic heterocycles. The van der Waals surface area contributed by atoms with Gasteiger partial charge in [-0.3, -0.25) is 0 Å². The summed E-state index contributed by atoms with van der Waals surface area (Å²) in [6.45, 7) is -3.99. The van der Waals surface area contributed by atoms with Gasteiger partial charge in [-0.2, -0.15) is 0 Å². The van der Waals surface area contributed by atoms with Crippen molar-refractivity contribution in [2.75, 3.05) is 0 Å². The van der Waals surface area contributed by atoms with Crippen LogP contribution < -0.4 is 40.5 Å².